The number of nitrogens with two attached hydrogens (primary N) is 1. The smallest absolute Gasteiger partial charge is 0.299 e. The van der Waals surface area contributed by atoms with E-state index in [0.717, 1.165) is 54.4 Å². The number of fused-ring (bicyclic) bond motifs is 6. The van der Waals surface area contributed by atoms with Gasteiger partial charge in [0, 0.05) is 73.3 Å². The standard InChI is InChI=1S/C22H22N2OS2.C12H7NO2S2.C9H16N2.ClH/c25-18(13-17-14-4-9-24(10-5-14)22(17)6-7-22)19-12-15-2-1-3-16(20(15)27-19)21-23-8-11-26-21;14-7-15-10-6-8-2-1-3-9(11(8)17-10)12-13-4-5-16-12;10-8-7-1-5-11(6-2-7)9(8)3-4-9;/h1-3,8,11-12,14,17H,4-7,9-10,13H2;1-7H;7-8H,1-6,10H2;1H/t17-;;8-;/m1.1./s1. The van der Waals surface area contributed by atoms with E-state index in [1.807, 2.05) is 41.2 Å². The number of piperidine rings is 6. The predicted molar refractivity (Wildman–Crippen MR) is 233 cm³/mol. The number of thiophene rings is 2. The molecule has 56 heavy (non-hydrogen) atoms. The molecule has 13 heteroatoms. The number of rotatable bonds is 7. The number of thiazole rings is 2. The molecule has 4 aromatic heterocycles. The van der Waals surface area contributed by atoms with Crippen LogP contribution in [0.3, 0.4) is 0 Å². The molecule has 8 fully saturated rings. The van der Waals surface area contributed by atoms with Crippen molar-refractivity contribution in [2.75, 3.05) is 26.2 Å². The molecule has 10 heterocycles. The summed E-state index contributed by atoms with van der Waals surface area (Å²) < 4.78 is 7.18. The molecule has 8 aliphatic rings. The molecule has 292 valence electrons. The summed E-state index contributed by atoms with van der Waals surface area (Å²) in [5.74, 6) is 2.56. The quantitative estimate of drug-likeness (QED) is 0.125. The Balaban J connectivity index is 0.000000120. The molecular weight excluding hydrogens is 798 g/mol. The second-order valence-corrected chi connectivity index (χ2v) is 20.0. The van der Waals surface area contributed by atoms with Crippen LogP contribution in [0.1, 0.15) is 67.5 Å². The molecule has 0 radical (unpaired) electrons. The Morgan fingerprint density at radius 3 is 1.86 bits per heavy atom. The van der Waals surface area contributed by atoms with Crippen molar-refractivity contribution in [1.82, 2.24) is 19.8 Å². The highest BCUT2D eigenvalue weighted by Gasteiger charge is 2.60. The Morgan fingerprint density at radius 2 is 1.34 bits per heavy atom. The molecule has 8 nitrogen and oxygen atoms in total. The number of benzene rings is 2. The maximum Gasteiger partial charge on any atom is 0.299 e. The molecule has 2 atom stereocenters. The second-order valence-electron chi connectivity index (χ2n) is 16.1. The van der Waals surface area contributed by atoms with Gasteiger partial charge in [0.1, 0.15) is 10.0 Å². The molecule has 6 aliphatic heterocycles. The van der Waals surface area contributed by atoms with Crippen molar-refractivity contribution in [3.05, 3.63) is 76.6 Å². The zero-order valence-electron chi connectivity index (χ0n) is 31.1. The van der Waals surface area contributed by atoms with Crippen LogP contribution in [-0.2, 0) is 4.79 Å². The first-order valence-electron chi connectivity index (χ1n) is 19.7. The van der Waals surface area contributed by atoms with Crippen molar-refractivity contribution >= 4 is 90.2 Å². The minimum absolute atomic E-state index is 0. The number of aromatic nitrogens is 2. The lowest BCUT2D eigenvalue weighted by Gasteiger charge is -2.52. The SMILES string of the molecule is Cl.N[C@@H]1C2CCN(CC2)C12CC2.O=C(C[C@@H]1C2CCN(CC2)C12CC2)c1cc2cccc(-c3nccs3)c2s1.O=COc1cc2cccc(-c3nccs3)c2s1. The van der Waals surface area contributed by atoms with Crippen LogP contribution < -0.4 is 10.5 Å². The molecule has 0 unspecified atom stereocenters. The minimum atomic E-state index is 0. The number of hydrogen-bond donors (Lipinski definition) is 1. The van der Waals surface area contributed by atoms with Gasteiger partial charge in [-0.3, -0.25) is 19.4 Å². The fourth-order valence-corrected chi connectivity index (χ4v) is 14.0. The van der Waals surface area contributed by atoms with Crippen molar-refractivity contribution in [1.29, 1.82) is 0 Å². The molecule has 2 spiro atoms. The van der Waals surface area contributed by atoms with Crippen molar-refractivity contribution in [3.8, 4) is 26.2 Å². The van der Waals surface area contributed by atoms with E-state index in [2.05, 4.69) is 44.0 Å². The largest absolute Gasteiger partial charge is 0.418 e. The molecule has 2 saturated carbocycles. The van der Waals surface area contributed by atoms with Gasteiger partial charge in [0.2, 0.25) is 0 Å². The van der Waals surface area contributed by atoms with Gasteiger partial charge in [-0.2, -0.15) is 0 Å². The van der Waals surface area contributed by atoms with Crippen LogP contribution in [-0.4, -0.2) is 75.3 Å². The number of carbonyl (C=O) groups excluding carboxylic acids is 2. The highest BCUT2D eigenvalue weighted by Crippen LogP contribution is 2.59. The minimum Gasteiger partial charge on any atom is -0.418 e. The third-order valence-electron chi connectivity index (χ3n) is 13.5. The van der Waals surface area contributed by atoms with Gasteiger partial charge >= 0.3 is 0 Å². The molecule has 2 N–H and O–H groups in total. The number of halogens is 1. The van der Waals surface area contributed by atoms with Gasteiger partial charge < -0.3 is 10.5 Å². The summed E-state index contributed by atoms with van der Waals surface area (Å²) in [4.78, 5) is 38.7. The summed E-state index contributed by atoms with van der Waals surface area (Å²) in [5.41, 5.74) is 9.37. The van der Waals surface area contributed by atoms with Crippen molar-refractivity contribution < 1.29 is 14.3 Å². The lowest BCUT2D eigenvalue weighted by Crippen LogP contribution is -2.63. The van der Waals surface area contributed by atoms with Gasteiger partial charge in [-0.1, -0.05) is 47.7 Å². The molecule has 2 aromatic carbocycles. The lowest BCUT2D eigenvalue weighted by molar-refractivity contribution is -0.120. The number of Topliss-reactive ketones (excluding diaryl/α,β-unsaturated/α-hetero) is 1. The zero-order valence-corrected chi connectivity index (χ0v) is 35.2. The number of ketones is 1. The fraction of sp³-hybridized carbons (Fsp3) is 0.442. The Morgan fingerprint density at radius 1 is 0.786 bits per heavy atom. The zero-order chi connectivity index (χ0) is 37.1. The fourth-order valence-electron chi connectivity index (χ4n) is 10.4. The van der Waals surface area contributed by atoms with E-state index >= 15 is 0 Å². The van der Waals surface area contributed by atoms with Crippen LogP contribution in [0.5, 0.6) is 5.06 Å². The Labute approximate surface area is 349 Å². The first-order valence-corrected chi connectivity index (χ1v) is 23.1. The monoisotopic (exact) mass is 843 g/mol. The summed E-state index contributed by atoms with van der Waals surface area (Å²) >= 11 is 6.38. The summed E-state index contributed by atoms with van der Waals surface area (Å²) in [5, 5.41) is 8.83. The second kappa shape index (κ2) is 15.6. The van der Waals surface area contributed by atoms with Crippen LogP contribution in [0.25, 0.3) is 41.3 Å². The van der Waals surface area contributed by atoms with E-state index in [1.165, 1.54) is 99.0 Å². The molecular formula is C43H46ClN5O3S4. The topological polar surface area (TPSA) is 102 Å². The predicted octanol–water partition coefficient (Wildman–Crippen LogP) is 10.0. The van der Waals surface area contributed by atoms with Gasteiger partial charge in [-0.25, -0.2) is 9.97 Å². The maximum atomic E-state index is 13.3. The number of carbonyl (C=O) groups is 2. The van der Waals surface area contributed by atoms with E-state index in [1.54, 1.807) is 40.2 Å². The van der Waals surface area contributed by atoms with Gasteiger partial charge in [0.25, 0.3) is 6.47 Å². The average molecular weight is 845 g/mol. The van der Waals surface area contributed by atoms with E-state index in [9.17, 15) is 9.59 Å². The molecule has 2 aliphatic carbocycles. The third-order valence-corrected chi connectivity index (χ3v) is 17.4. The molecule has 6 aromatic rings. The summed E-state index contributed by atoms with van der Waals surface area (Å²) in [6, 6.07) is 16.8. The van der Waals surface area contributed by atoms with Crippen LogP contribution in [0.4, 0.5) is 0 Å². The Hall–Kier alpha value is -3.07. The normalized spacial score (nSPS) is 26.9. The van der Waals surface area contributed by atoms with E-state index < -0.39 is 0 Å². The third kappa shape index (κ3) is 6.87. The van der Waals surface area contributed by atoms with E-state index in [0.29, 0.717) is 40.4 Å². The average Bonchev–Trinajstić information content (AvgIpc) is 3.76. The summed E-state index contributed by atoms with van der Waals surface area (Å²) in [7, 11) is 0. The first-order chi connectivity index (χ1) is 27.0. The van der Waals surface area contributed by atoms with Crippen molar-refractivity contribution in [3.63, 3.8) is 0 Å². The number of ether oxygens (including phenoxy) is 1. The maximum absolute atomic E-state index is 13.3. The van der Waals surface area contributed by atoms with Crippen molar-refractivity contribution in [2.24, 2.45) is 23.5 Å². The van der Waals surface area contributed by atoms with Gasteiger partial charge in [-0.05, 0) is 112 Å². The van der Waals surface area contributed by atoms with Gasteiger partial charge in [-0.15, -0.1) is 46.4 Å². The molecule has 14 rings (SSSR count). The number of hydrogen-bond acceptors (Lipinski definition) is 12. The van der Waals surface area contributed by atoms with Crippen molar-refractivity contribution in [2.45, 2.75) is 74.9 Å². The van der Waals surface area contributed by atoms with E-state index in [4.69, 9.17) is 10.5 Å². The highest BCUT2D eigenvalue weighted by atomic mass is 35.5. The van der Waals surface area contributed by atoms with Crippen LogP contribution in [0.15, 0.2) is 71.7 Å². The van der Waals surface area contributed by atoms with Gasteiger partial charge in [0.15, 0.2) is 10.8 Å². The lowest BCUT2D eigenvalue weighted by atomic mass is 9.70. The molecule has 0 amide bonds. The van der Waals surface area contributed by atoms with Crippen LogP contribution >= 0.6 is 57.8 Å². The Kier molecular flexibility index (Phi) is 10.7. The molecule has 6 saturated heterocycles. The Bertz CT molecular complexity index is 2310. The van der Waals surface area contributed by atoms with Crippen LogP contribution in [0.2, 0.25) is 0 Å². The summed E-state index contributed by atoms with van der Waals surface area (Å²) in [6.07, 6.45) is 15.1. The number of nitrogens with zero attached hydrogens (tertiary/aromatic N) is 4. The van der Waals surface area contributed by atoms with Gasteiger partial charge in [0.05, 0.1) is 4.88 Å². The van der Waals surface area contributed by atoms with E-state index in [-0.39, 0.29) is 12.4 Å². The molecule has 4 bridgehead atoms. The van der Waals surface area contributed by atoms with Crippen LogP contribution in [0, 0.1) is 17.8 Å². The first kappa shape index (κ1) is 38.4. The summed E-state index contributed by atoms with van der Waals surface area (Å²) in [6.45, 7) is 5.63. The highest BCUT2D eigenvalue weighted by molar-refractivity contribution is 7.22.